The van der Waals surface area contributed by atoms with Crippen LogP contribution in [0.15, 0.2) is 12.1 Å². The monoisotopic (exact) mass is 312 g/mol. The minimum Gasteiger partial charge on any atom is -0.493 e. The third-order valence-electron chi connectivity index (χ3n) is 3.89. The molecule has 0 radical (unpaired) electrons. The van der Waals surface area contributed by atoms with E-state index in [1.54, 1.807) is 12.1 Å². The van der Waals surface area contributed by atoms with Gasteiger partial charge in [-0.15, -0.1) is 0 Å². The highest BCUT2D eigenvalue weighted by atomic mass is 35.5. The van der Waals surface area contributed by atoms with Crippen LogP contribution in [0.25, 0.3) is 0 Å². The van der Waals surface area contributed by atoms with Gasteiger partial charge in [-0.25, -0.2) is 0 Å². The van der Waals surface area contributed by atoms with E-state index in [4.69, 9.17) is 26.8 Å². The number of carbonyl (C=O) groups is 1. The molecule has 1 amide bonds. The molecule has 1 saturated carbocycles. The molecule has 0 aromatic heterocycles. The quantitative estimate of drug-likeness (QED) is 0.896. The van der Waals surface area contributed by atoms with Gasteiger partial charge in [-0.3, -0.25) is 4.79 Å². The predicted molar refractivity (Wildman–Crippen MR) is 83.1 cm³/mol. The third kappa shape index (κ3) is 3.60. The molecular weight excluding hydrogens is 292 g/mol. The van der Waals surface area contributed by atoms with Crippen molar-refractivity contribution in [1.82, 2.24) is 0 Å². The number of benzene rings is 1. The summed E-state index contributed by atoms with van der Waals surface area (Å²) >= 11 is 6.17. The van der Waals surface area contributed by atoms with Crippen LogP contribution < -0.4 is 20.5 Å². The Morgan fingerprint density at radius 1 is 1.24 bits per heavy atom. The van der Waals surface area contributed by atoms with Crippen LogP contribution >= 0.6 is 11.6 Å². The Kier molecular flexibility index (Phi) is 5.31. The second-order valence-corrected chi connectivity index (χ2v) is 5.64. The van der Waals surface area contributed by atoms with Gasteiger partial charge in [-0.05, 0) is 12.8 Å². The van der Waals surface area contributed by atoms with E-state index in [0.29, 0.717) is 22.2 Å². The lowest BCUT2D eigenvalue weighted by molar-refractivity contribution is -0.121. The van der Waals surface area contributed by atoms with Gasteiger partial charge in [0.15, 0.2) is 11.5 Å². The number of nitrogens with two attached hydrogens (primary N) is 1. The smallest absolute Gasteiger partial charge is 0.229 e. The van der Waals surface area contributed by atoms with Crippen molar-refractivity contribution in [2.75, 3.05) is 19.5 Å². The number of anilines is 1. The van der Waals surface area contributed by atoms with E-state index < -0.39 is 0 Å². The van der Waals surface area contributed by atoms with Crippen LogP contribution in [-0.2, 0) is 4.79 Å². The fourth-order valence-corrected chi connectivity index (χ4v) is 2.86. The summed E-state index contributed by atoms with van der Waals surface area (Å²) in [5.74, 6) is 0.791. The van der Waals surface area contributed by atoms with Crippen LogP contribution in [0.5, 0.6) is 11.5 Å². The average Bonchev–Trinajstić information content (AvgIpc) is 2.49. The first kappa shape index (κ1) is 15.9. The SMILES string of the molecule is COc1cc(Cl)c(NC(=O)C2CCCCC2N)cc1OC. The van der Waals surface area contributed by atoms with E-state index in [9.17, 15) is 4.79 Å². The summed E-state index contributed by atoms with van der Waals surface area (Å²) in [5.41, 5.74) is 6.55. The van der Waals surface area contributed by atoms with Gasteiger partial charge in [0.25, 0.3) is 0 Å². The Hall–Kier alpha value is -1.46. The van der Waals surface area contributed by atoms with E-state index in [0.717, 1.165) is 25.7 Å². The molecule has 5 nitrogen and oxygen atoms in total. The second kappa shape index (κ2) is 7.00. The van der Waals surface area contributed by atoms with Crippen molar-refractivity contribution in [2.24, 2.45) is 11.7 Å². The minimum atomic E-state index is -0.164. The van der Waals surface area contributed by atoms with Crippen LogP contribution in [-0.4, -0.2) is 26.2 Å². The number of amides is 1. The molecule has 21 heavy (non-hydrogen) atoms. The summed E-state index contributed by atoms with van der Waals surface area (Å²) in [6.07, 6.45) is 3.82. The van der Waals surface area contributed by atoms with E-state index >= 15 is 0 Å². The zero-order chi connectivity index (χ0) is 15.4. The Bertz CT molecular complexity index is 522. The van der Waals surface area contributed by atoms with E-state index in [-0.39, 0.29) is 17.9 Å². The Balaban J connectivity index is 2.16. The van der Waals surface area contributed by atoms with Gasteiger partial charge in [-0.2, -0.15) is 0 Å². The Morgan fingerprint density at radius 3 is 2.48 bits per heavy atom. The van der Waals surface area contributed by atoms with E-state index in [2.05, 4.69) is 5.32 Å². The lowest BCUT2D eigenvalue weighted by Crippen LogP contribution is -2.40. The maximum absolute atomic E-state index is 12.4. The van der Waals surface area contributed by atoms with Crippen molar-refractivity contribution in [3.05, 3.63) is 17.2 Å². The predicted octanol–water partition coefficient (Wildman–Crippen LogP) is 2.81. The van der Waals surface area contributed by atoms with Crippen molar-refractivity contribution < 1.29 is 14.3 Å². The van der Waals surface area contributed by atoms with Crippen LogP contribution in [0, 0.1) is 5.92 Å². The first-order valence-electron chi connectivity index (χ1n) is 7.04. The maximum atomic E-state index is 12.4. The van der Waals surface area contributed by atoms with E-state index in [1.165, 1.54) is 14.2 Å². The first-order valence-corrected chi connectivity index (χ1v) is 7.42. The number of rotatable bonds is 4. The third-order valence-corrected chi connectivity index (χ3v) is 4.20. The van der Waals surface area contributed by atoms with Gasteiger partial charge in [0.1, 0.15) is 0 Å². The molecule has 0 aliphatic heterocycles. The molecule has 2 rings (SSSR count). The van der Waals surface area contributed by atoms with Gasteiger partial charge >= 0.3 is 0 Å². The molecule has 1 aliphatic carbocycles. The Labute approximate surface area is 129 Å². The minimum absolute atomic E-state index is 0.0855. The first-order chi connectivity index (χ1) is 10.1. The molecule has 0 spiro atoms. The fraction of sp³-hybridized carbons (Fsp3) is 0.533. The van der Waals surface area contributed by atoms with Crippen molar-refractivity contribution in [3.63, 3.8) is 0 Å². The number of nitrogens with one attached hydrogen (secondary N) is 1. The van der Waals surface area contributed by atoms with Crippen LogP contribution in [0.1, 0.15) is 25.7 Å². The molecule has 2 atom stereocenters. The number of hydrogen-bond acceptors (Lipinski definition) is 4. The largest absolute Gasteiger partial charge is 0.493 e. The zero-order valence-electron chi connectivity index (χ0n) is 12.3. The summed E-state index contributed by atoms with van der Waals surface area (Å²) in [7, 11) is 3.07. The summed E-state index contributed by atoms with van der Waals surface area (Å²) in [6.45, 7) is 0. The number of methoxy groups -OCH3 is 2. The van der Waals surface area contributed by atoms with E-state index in [1.807, 2.05) is 0 Å². The summed E-state index contributed by atoms with van der Waals surface area (Å²) in [6, 6.07) is 3.20. The second-order valence-electron chi connectivity index (χ2n) is 5.23. The van der Waals surface area contributed by atoms with Crippen LogP contribution in [0.3, 0.4) is 0 Å². The highest BCUT2D eigenvalue weighted by Crippen LogP contribution is 2.36. The lowest BCUT2D eigenvalue weighted by Gasteiger charge is -2.27. The fourth-order valence-electron chi connectivity index (χ4n) is 2.66. The van der Waals surface area contributed by atoms with Crippen molar-refractivity contribution in [3.8, 4) is 11.5 Å². The molecule has 1 aliphatic rings. The topological polar surface area (TPSA) is 73.6 Å². The molecule has 1 aromatic rings. The van der Waals surface area contributed by atoms with Gasteiger partial charge in [0.05, 0.1) is 30.8 Å². The van der Waals surface area contributed by atoms with Crippen molar-refractivity contribution >= 4 is 23.2 Å². The summed E-state index contributed by atoms with van der Waals surface area (Å²) < 4.78 is 10.4. The molecular formula is C15H21ClN2O3. The van der Waals surface area contributed by atoms with Crippen LogP contribution in [0.4, 0.5) is 5.69 Å². The Morgan fingerprint density at radius 2 is 1.86 bits per heavy atom. The highest BCUT2D eigenvalue weighted by molar-refractivity contribution is 6.34. The van der Waals surface area contributed by atoms with Gasteiger partial charge in [0, 0.05) is 18.2 Å². The van der Waals surface area contributed by atoms with Crippen molar-refractivity contribution in [2.45, 2.75) is 31.7 Å². The normalized spacial score (nSPS) is 21.7. The maximum Gasteiger partial charge on any atom is 0.229 e. The van der Waals surface area contributed by atoms with Gasteiger partial charge < -0.3 is 20.5 Å². The number of carbonyl (C=O) groups excluding carboxylic acids is 1. The number of hydrogen-bond donors (Lipinski definition) is 2. The summed E-state index contributed by atoms with van der Waals surface area (Å²) in [5, 5.41) is 3.26. The molecule has 3 N–H and O–H groups in total. The van der Waals surface area contributed by atoms with Gasteiger partial charge in [-0.1, -0.05) is 24.4 Å². The summed E-state index contributed by atoms with van der Waals surface area (Å²) in [4.78, 5) is 12.4. The molecule has 2 unspecified atom stereocenters. The molecule has 0 bridgehead atoms. The molecule has 1 fully saturated rings. The lowest BCUT2D eigenvalue weighted by atomic mass is 9.84. The molecule has 116 valence electrons. The zero-order valence-corrected chi connectivity index (χ0v) is 13.1. The van der Waals surface area contributed by atoms with Crippen molar-refractivity contribution in [1.29, 1.82) is 0 Å². The molecule has 0 saturated heterocycles. The van der Waals surface area contributed by atoms with Crippen LogP contribution in [0.2, 0.25) is 5.02 Å². The number of halogens is 1. The average molecular weight is 313 g/mol. The molecule has 6 heteroatoms. The van der Waals surface area contributed by atoms with Gasteiger partial charge in [0.2, 0.25) is 5.91 Å². The highest BCUT2D eigenvalue weighted by Gasteiger charge is 2.28. The standard InChI is InChI=1S/C15H21ClN2O3/c1-20-13-7-10(16)12(8-14(13)21-2)18-15(19)9-5-3-4-6-11(9)17/h7-9,11H,3-6,17H2,1-2H3,(H,18,19). The number of ether oxygens (including phenoxy) is 2. The molecule has 1 aromatic carbocycles. The molecule has 0 heterocycles.